The number of allylic oxidation sites excluding steroid dienone is 2. The van der Waals surface area contributed by atoms with E-state index in [1.165, 1.54) is 37.4 Å². The Kier molecular flexibility index (Phi) is 8.61. The van der Waals surface area contributed by atoms with Gasteiger partial charge in [0.25, 0.3) is 11.8 Å². The summed E-state index contributed by atoms with van der Waals surface area (Å²) in [6.07, 6.45) is 2.08. The number of methoxy groups -OCH3 is 1. The fourth-order valence-electron chi connectivity index (χ4n) is 9.00. The summed E-state index contributed by atoms with van der Waals surface area (Å²) in [5.41, 5.74) is 3.44. The summed E-state index contributed by atoms with van der Waals surface area (Å²) in [7, 11) is -0.292. The molecule has 0 spiro atoms. The Labute approximate surface area is 314 Å². The Bertz CT molecular complexity index is 2230. The predicted molar refractivity (Wildman–Crippen MR) is 197 cm³/mol. The number of imide groups is 2. The van der Waals surface area contributed by atoms with Crippen molar-refractivity contribution in [1.29, 1.82) is 0 Å². The average molecular weight is 752 g/mol. The second-order valence-electron chi connectivity index (χ2n) is 13.8. The zero-order chi connectivity index (χ0) is 37.3. The lowest BCUT2D eigenvalue weighted by molar-refractivity contribution is -0.138. The molecule has 2 saturated heterocycles. The third-order valence-electron chi connectivity index (χ3n) is 11.3. The number of rotatable bonds is 7. The monoisotopic (exact) mass is 751 g/mol. The molecule has 2 aliphatic carbocycles. The van der Waals surface area contributed by atoms with E-state index in [1.807, 2.05) is 6.08 Å². The molecule has 53 heavy (non-hydrogen) atoms. The molecule has 1 saturated carbocycles. The first-order valence-corrected chi connectivity index (χ1v) is 17.8. The molecule has 0 radical (unpaired) electrons. The van der Waals surface area contributed by atoms with Crippen molar-refractivity contribution >= 4 is 70.8 Å². The minimum absolute atomic E-state index is 0.0302. The highest BCUT2D eigenvalue weighted by molar-refractivity contribution is 6.58. The number of phenols is 1. The number of benzene rings is 4. The second kappa shape index (κ2) is 13.1. The van der Waals surface area contributed by atoms with Crippen molar-refractivity contribution in [2.75, 3.05) is 17.4 Å². The first kappa shape index (κ1) is 34.9. The zero-order valence-corrected chi connectivity index (χ0v) is 29.7. The van der Waals surface area contributed by atoms with Gasteiger partial charge in [0.15, 0.2) is 0 Å². The van der Waals surface area contributed by atoms with Gasteiger partial charge in [-0.1, -0.05) is 77.3 Å². The number of fused-ring (bicyclic) bond motifs is 4. The smallest absolute Gasteiger partial charge is 0.488 e. The summed E-state index contributed by atoms with van der Waals surface area (Å²) in [6, 6.07) is 24.1. The van der Waals surface area contributed by atoms with Crippen molar-refractivity contribution < 1.29 is 39.1 Å². The van der Waals surface area contributed by atoms with E-state index in [0.717, 1.165) is 9.91 Å². The van der Waals surface area contributed by atoms with Crippen molar-refractivity contribution in [3.8, 4) is 11.5 Å². The molecule has 2 aliphatic heterocycles. The fraction of sp³-hybridized carbons (Fsp3) is 0.231. The molecule has 8 rings (SSSR count). The fourth-order valence-corrected chi connectivity index (χ4v) is 9.45. The van der Waals surface area contributed by atoms with Crippen LogP contribution >= 0.6 is 23.2 Å². The molecule has 0 unspecified atom stereocenters. The quantitative estimate of drug-likeness (QED) is 0.121. The van der Waals surface area contributed by atoms with Gasteiger partial charge >= 0.3 is 7.12 Å². The van der Waals surface area contributed by atoms with Gasteiger partial charge in [0, 0.05) is 16.5 Å². The Morgan fingerprint density at radius 3 is 2.32 bits per heavy atom. The highest BCUT2D eigenvalue weighted by Crippen LogP contribution is 2.65. The number of ether oxygens (including phenoxy) is 1. The summed E-state index contributed by atoms with van der Waals surface area (Å²) < 4.78 is 5.44. The molecule has 4 aromatic rings. The average Bonchev–Trinajstić information content (AvgIpc) is 3.53. The largest absolute Gasteiger partial charge is 0.508 e. The second-order valence-corrected chi connectivity index (χ2v) is 14.6. The summed E-state index contributed by atoms with van der Waals surface area (Å²) in [5, 5.41) is 32.6. The third kappa shape index (κ3) is 5.26. The maximum atomic E-state index is 15.3. The van der Waals surface area contributed by atoms with E-state index >= 15 is 4.79 Å². The topological polar surface area (TPSA) is 157 Å². The number of phenolic OH excluding ortho intramolecular Hbond substituents is 1. The molecule has 0 aromatic heterocycles. The summed E-state index contributed by atoms with van der Waals surface area (Å²) in [4.78, 5) is 59.8. The maximum absolute atomic E-state index is 15.3. The van der Waals surface area contributed by atoms with Crippen LogP contribution in [0.25, 0.3) is 0 Å². The minimum atomic E-state index is -1.81. The number of hydrazine groups is 1. The number of amides is 4. The minimum Gasteiger partial charge on any atom is -0.508 e. The van der Waals surface area contributed by atoms with Crippen LogP contribution in [0.4, 0.5) is 11.4 Å². The van der Waals surface area contributed by atoms with E-state index in [0.29, 0.717) is 27.5 Å². The zero-order valence-electron chi connectivity index (χ0n) is 28.1. The molecule has 14 heteroatoms. The third-order valence-corrected chi connectivity index (χ3v) is 11.8. The number of hydrogen-bond acceptors (Lipinski definition) is 9. The molecule has 11 nitrogen and oxygen atoms in total. The van der Waals surface area contributed by atoms with Gasteiger partial charge in [0.05, 0.1) is 46.7 Å². The molecule has 4 aliphatic rings. The molecule has 4 N–H and O–H groups in total. The van der Waals surface area contributed by atoms with E-state index in [9.17, 15) is 29.5 Å². The number of anilines is 2. The van der Waals surface area contributed by atoms with Gasteiger partial charge in [-0.3, -0.25) is 29.5 Å². The number of carbonyl (C=O) groups excluding carboxylic acids is 4. The van der Waals surface area contributed by atoms with E-state index in [-0.39, 0.29) is 40.5 Å². The predicted octanol–water partition coefficient (Wildman–Crippen LogP) is 4.58. The molecule has 2 heterocycles. The van der Waals surface area contributed by atoms with E-state index in [1.54, 1.807) is 60.7 Å². The summed E-state index contributed by atoms with van der Waals surface area (Å²) in [6.45, 7) is 0. The van der Waals surface area contributed by atoms with Gasteiger partial charge in [-0.25, -0.2) is 0 Å². The van der Waals surface area contributed by atoms with E-state index < -0.39 is 65.8 Å². The molecular formula is C39H32BCl2N3O8. The summed E-state index contributed by atoms with van der Waals surface area (Å²) in [5.74, 6) is -6.04. The van der Waals surface area contributed by atoms with Crippen LogP contribution in [0.2, 0.25) is 10.0 Å². The van der Waals surface area contributed by atoms with Gasteiger partial charge < -0.3 is 19.9 Å². The number of nitrogens with one attached hydrogen (secondary N) is 1. The van der Waals surface area contributed by atoms with Crippen LogP contribution in [-0.2, 0) is 24.6 Å². The Morgan fingerprint density at radius 2 is 1.62 bits per heavy atom. The van der Waals surface area contributed by atoms with Crippen molar-refractivity contribution in [3.05, 3.63) is 124 Å². The Balaban J connectivity index is 1.31. The van der Waals surface area contributed by atoms with Gasteiger partial charge in [0.1, 0.15) is 11.5 Å². The number of halogens is 2. The SMILES string of the molecule is COc1ccc([C@@]23C(=O)N(Nc4ccc(Cl)cc4Cl)C(=O)[C@@H]2C[C@@H]2C(=CC[C@@H]4C(=O)N(c5cccc(B(O)O)c5)C(=O)[C@@H]42)[C@@H]3c2ccccc2O)cc1. The number of nitrogens with zero attached hydrogens (tertiary/aromatic N) is 2. The normalized spacial score (nSPS) is 26.2. The van der Waals surface area contributed by atoms with E-state index in [2.05, 4.69) is 5.43 Å². The van der Waals surface area contributed by atoms with E-state index in [4.69, 9.17) is 27.9 Å². The maximum Gasteiger partial charge on any atom is 0.488 e. The highest BCUT2D eigenvalue weighted by atomic mass is 35.5. The van der Waals surface area contributed by atoms with Gasteiger partial charge in [0.2, 0.25) is 11.8 Å². The van der Waals surface area contributed by atoms with Gasteiger partial charge in [-0.05, 0) is 78.3 Å². The van der Waals surface area contributed by atoms with Crippen LogP contribution in [0.3, 0.4) is 0 Å². The first-order chi connectivity index (χ1) is 25.5. The van der Waals surface area contributed by atoms with Crippen LogP contribution < -0.4 is 20.5 Å². The van der Waals surface area contributed by atoms with Crippen molar-refractivity contribution in [1.82, 2.24) is 5.01 Å². The lowest BCUT2D eigenvalue weighted by Gasteiger charge is -2.50. The van der Waals surface area contributed by atoms with Crippen LogP contribution in [-0.4, -0.2) is 58.0 Å². The Morgan fingerprint density at radius 1 is 0.868 bits per heavy atom. The molecule has 4 amide bonds. The number of carbonyl (C=O) groups is 4. The molecule has 268 valence electrons. The highest BCUT2D eigenvalue weighted by Gasteiger charge is 2.70. The lowest BCUT2D eigenvalue weighted by atomic mass is 9.49. The molecule has 6 atom stereocenters. The molecule has 0 bridgehead atoms. The van der Waals surface area contributed by atoms with Crippen molar-refractivity contribution in [2.45, 2.75) is 24.2 Å². The number of aromatic hydroxyl groups is 1. The molecule has 4 aromatic carbocycles. The molecule has 3 fully saturated rings. The van der Waals surface area contributed by atoms with Gasteiger partial charge in [-0.15, -0.1) is 0 Å². The van der Waals surface area contributed by atoms with Crippen LogP contribution in [0.15, 0.2) is 103 Å². The van der Waals surface area contributed by atoms with Crippen LogP contribution in [0.5, 0.6) is 11.5 Å². The molecular weight excluding hydrogens is 720 g/mol. The Hall–Kier alpha value is -5.14. The van der Waals surface area contributed by atoms with Crippen LogP contribution in [0, 0.1) is 23.7 Å². The van der Waals surface area contributed by atoms with Gasteiger partial charge in [-0.2, -0.15) is 5.01 Å². The summed E-state index contributed by atoms with van der Waals surface area (Å²) >= 11 is 12.7. The lowest BCUT2D eigenvalue weighted by Crippen LogP contribution is -2.53. The van der Waals surface area contributed by atoms with Crippen molar-refractivity contribution in [3.63, 3.8) is 0 Å². The van der Waals surface area contributed by atoms with Crippen molar-refractivity contribution in [2.24, 2.45) is 23.7 Å². The first-order valence-electron chi connectivity index (χ1n) is 17.0. The standard InChI is InChI=1S/C39H32BCl2N3O8/c1-53-24-12-9-20(10-13-24)39-29(36(48)45(38(39)50)43-31-16-11-22(41)18-30(31)42)19-28-25(34(39)26-7-2-3-8-32(26)46)14-15-27-33(28)37(49)44(35(27)47)23-6-4-5-21(17-23)40(51)52/h2-14,16-18,27-29,33-34,43,46,51-52H,15,19H2,1H3/t27-,28+,29-,33-,34+,39+/m0/s1. The van der Waals surface area contributed by atoms with Crippen LogP contribution in [0.1, 0.15) is 29.9 Å². The number of hydrogen-bond donors (Lipinski definition) is 4. The number of para-hydroxylation sites is 1.